The zero-order chi connectivity index (χ0) is 25.8. The maximum absolute atomic E-state index is 6.15. The van der Waals surface area contributed by atoms with Gasteiger partial charge in [-0.05, 0) is 66.7 Å². The van der Waals surface area contributed by atoms with Crippen LogP contribution in [0.25, 0.3) is 67.0 Å². The zero-order valence-electron chi connectivity index (χ0n) is 20.9. The van der Waals surface area contributed by atoms with E-state index >= 15 is 0 Å². The Kier molecular flexibility index (Phi) is 4.76. The summed E-state index contributed by atoms with van der Waals surface area (Å²) >= 11 is 0. The van der Waals surface area contributed by atoms with Gasteiger partial charge in [-0.25, -0.2) is 4.98 Å². The van der Waals surface area contributed by atoms with Crippen LogP contribution < -0.4 is 0 Å². The molecule has 0 saturated carbocycles. The van der Waals surface area contributed by atoms with Crippen LogP contribution in [0.3, 0.4) is 0 Å². The first-order valence-corrected chi connectivity index (χ1v) is 12.9. The largest absolute Gasteiger partial charge is 0.436 e. The van der Waals surface area contributed by atoms with Crippen molar-refractivity contribution in [3.05, 3.63) is 134 Å². The van der Waals surface area contributed by atoms with E-state index in [-0.39, 0.29) is 0 Å². The highest BCUT2D eigenvalue weighted by Crippen LogP contribution is 2.38. The molecule has 0 amide bonds. The van der Waals surface area contributed by atoms with E-state index in [2.05, 4.69) is 99.3 Å². The van der Waals surface area contributed by atoms with Gasteiger partial charge in [0.2, 0.25) is 5.89 Å². The summed E-state index contributed by atoms with van der Waals surface area (Å²) in [6, 6.07) is 39.5. The molecule has 0 spiro atoms. The van der Waals surface area contributed by atoms with Gasteiger partial charge in [0.15, 0.2) is 5.58 Å². The van der Waals surface area contributed by atoms with E-state index in [1.807, 2.05) is 48.7 Å². The summed E-state index contributed by atoms with van der Waals surface area (Å²) in [5.41, 5.74) is 8.98. The second kappa shape index (κ2) is 8.57. The molecule has 0 saturated heterocycles. The highest BCUT2D eigenvalue weighted by molar-refractivity contribution is 6.12. The summed E-state index contributed by atoms with van der Waals surface area (Å²) in [4.78, 5) is 9.36. The van der Waals surface area contributed by atoms with Crippen molar-refractivity contribution >= 4 is 32.9 Å². The molecule has 5 heteroatoms. The van der Waals surface area contributed by atoms with E-state index in [0.717, 1.165) is 50.3 Å². The summed E-state index contributed by atoms with van der Waals surface area (Å²) in [7, 11) is 0. The summed E-state index contributed by atoms with van der Waals surface area (Å²) in [5, 5.41) is 2.35. The third-order valence-corrected chi connectivity index (χ3v) is 7.26. The van der Waals surface area contributed by atoms with Crippen molar-refractivity contribution in [2.45, 2.75) is 0 Å². The molecular formula is C34H22N4O. The molecule has 0 bridgehead atoms. The molecule has 0 aliphatic rings. The van der Waals surface area contributed by atoms with E-state index in [0.29, 0.717) is 5.89 Å². The number of oxazole rings is 1. The van der Waals surface area contributed by atoms with Crippen molar-refractivity contribution in [1.82, 2.24) is 19.1 Å². The van der Waals surface area contributed by atoms with Gasteiger partial charge in [0, 0.05) is 46.2 Å². The fourth-order valence-corrected chi connectivity index (χ4v) is 5.49. The third-order valence-electron chi connectivity index (χ3n) is 7.26. The number of benzene rings is 4. The van der Waals surface area contributed by atoms with E-state index in [1.54, 1.807) is 0 Å². The predicted molar refractivity (Wildman–Crippen MR) is 156 cm³/mol. The predicted octanol–water partition coefficient (Wildman–Crippen LogP) is 8.44. The normalized spacial score (nSPS) is 11.6. The SMILES string of the molecule is c1ccc(-c2cccc(-n3c4cc(-c5nc6ccccc6o5)ccc4c4cccc(-n5cccc5)c43)c2)nc1. The topological polar surface area (TPSA) is 48.8 Å². The Bertz CT molecular complexity index is 2090. The van der Waals surface area contributed by atoms with Gasteiger partial charge < -0.3 is 13.6 Å². The quantitative estimate of drug-likeness (QED) is 0.243. The van der Waals surface area contributed by atoms with E-state index in [9.17, 15) is 0 Å². The van der Waals surface area contributed by atoms with Gasteiger partial charge in [0.05, 0.1) is 22.4 Å². The van der Waals surface area contributed by atoms with Crippen molar-refractivity contribution in [2.24, 2.45) is 0 Å². The molecule has 4 aromatic carbocycles. The monoisotopic (exact) mass is 502 g/mol. The van der Waals surface area contributed by atoms with Crippen LogP contribution in [0, 0.1) is 0 Å². The van der Waals surface area contributed by atoms with Crippen molar-refractivity contribution in [3.63, 3.8) is 0 Å². The van der Waals surface area contributed by atoms with Crippen molar-refractivity contribution in [1.29, 1.82) is 0 Å². The molecule has 184 valence electrons. The minimum Gasteiger partial charge on any atom is -0.436 e. The second-order valence-corrected chi connectivity index (χ2v) is 9.58. The average Bonchev–Trinajstić information content (AvgIpc) is 3.75. The zero-order valence-corrected chi connectivity index (χ0v) is 20.9. The fourth-order valence-electron chi connectivity index (χ4n) is 5.49. The number of aromatic nitrogens is 4. The van der Waals surface area contributed by atoms with Gasteiger partial charge >= 0.3 is 0 Å². The van der Waals surface area contributed by atoms with Crippen LogP contribution in [0.1, 0.15) is 0 Å². The van der Waals surface area contributed by atoms with Crippen molar-refractivity contribution in [3.8, 4) is 34.1 Å². The van der Waals surface area contributed by atoms with Crippen LogP contribution in [0.2, 0.25) is 0 Å². The number of hydrogen-bond donors (Lipinski definition) is 0. The molecule has 0 aliphatic carbocycles. The molecule has 8 rings (SSSR count). The van der Waals surface area contributed by atoms with Crippen molar-refractivity contribution in [2.75, 3.05) is 0 Å². The van der Waals surface area contributed by atoms with Crippen molar-refractivity contribution < 1.29 is 4.42 Å². The lowest BCUT2D eigenvalue weighted by atomic mass is 10.1. The Hall–Kier alpha value is -5.42. The van der Waals surface area contributed by atoms with Gasteiger partial charge in [-0.1, -0.05) is 48.5 Å². The molecule has 0 N–H and O–H groups in total. The van der Waals surface area contributed by atoms with Crippen LogP contribution >= 0.6 is 0 Å². The lowest BCUT2D eigenvalue weighted by Crippen LogP contribution is -1.99. The summed E-state index contributed by atoms with van der Waals surface area (Å²) in [6.07, 6.45) is 6.01. The molecule has 8 aromatic rings. The van der Waals surface area contributed by atoms with Gasteiger partial charge in [-0.2, -0.15) is 0 Å². The summed E-state index contributed by atoms with van der Waals surface area (Å²) < 4.78 is 10.7. The lowest BCUT2D eigenvalue weighted by Gasteiger charge is -2.13. The molecule has 0 atom stereocenters. The highest BCUT2D eigenvalue weighted by atomic mass is 16.3. The number of fused-ring (bicyclic) bond motifs is 4. The molecule has 0 aliphatic heterocycles. The lowest BCUT2D eigenvalue weighted by molar-refractivity contribution is 0.620. The van der Waals surface area contributed by atoms with E-state index in [4.69, 9.17) is 9.40 Å². The molecule has 39 heavy (non-hydrogen) atoms. The first-order chi connectivity index (χ1) is 19.3. The van der Waals surface area contributed by atoms with Gasteiger partial charge in [0.1, 0.15) is 5.52 Å². The summed E-state index contributed by atoms with van der Waals surface area (Å²) in [6.45, 7) is 0. The average molecular weight is 503 g/mol. The smallest absolute Gasteiger partial charge is 0.227 e. The van der Waals surface area contributed by atoms with E-state index in [1.165, 1.54) is 10.8 Å². The molecule has 0 radical (unpaired) electrons. The number of pyridine rings is 1. The number of rotatable bonds is 4. The first kappa shape index (κ1) is 21.6. The minimum atomic E-state index is 0.614. The standard InChI is InChI=1S/C34H22N4O/c1-2-15-32-29(13-1)36-34(39-32)24-16-17-26-27-11-8-14-30(37-19-5-6-20-37)33(27)38(31(26)22-24)25-10-7-9-23(21-25)28-12-3-4-18-35-28/h1-22H. The highest BCUT2D eigenvalue weighted by Gasteiger charge is 2.19. The molecule has 4 heterocycles. The minimum absolute atomic E-state index is 0.614. The Labute approximate surface area is 224 Å². The molecule has 0 fully saturated rings. The maximum Gasteiger partial charge on any atom is 0.227 e. The van der Waals surface area contributed by atoms with Gasteiger partial charge in [-0.3, -0.25) is 4.98 Å². The van der Waals surface area contributed by atoms with Crippen LogP contribution in [0.4, 0.5) is 0 Å². The number of hydrogen-bond acceptors (Lipinski definition) is 3. The Morgan fingerprint density at radius 1 is 0.641 bits per heavy atom. The van der Waals surface area contributed by atoms with Crippen LogP contribution in [0.15, 0.2) is 138 Å². The molecular weight excluding hydrogens is 480 g/mol. The summed E-state index contributed by atoms with van der Waals surface area (Å²) in [5.74, 6) is 0.614. The van der Waals surface area contributed by atoms with Crippen LogP contribution in [-0.4, -0.2) is 19.1 Å². The van der Waals surface area contributed by atoms with Gasteiger partial charge in [-0.15, -0.1) is 0 Å². The molecule has 4 aromatic heterocycles. The molecule has 5 nitrogen and oxygen atoms in total. The Morgan fingerprint density at radius 2 is 1.51 bits per heavy atom. The Balaban J connectivity index is 1.44. The maximum atomic E-state index is 6.15. The van der Waals surface area contributed by atoms with Gasteiger partial charge in [0.25, 0.3) is 0 Å². The third kappa shape index (κ3) is 3.48. The Morgan fingerprint density at radius 3 is 2.38 bits per heavy atom. The molecule has 0 unspecified atom stereocenters. The van der Waals surface area contributed by atoms with E-state index < -0.39 is 0 Å². The second-order valence-electron chi connectivity index (χ2n) is 9.58. The first-order valence-electron chi connectivity index (χ1n) is 12.9. The fraction of sp³-hybridized carbons (Fsp3) is 0. The number of para-hydroxylation sites is 3. The van der Waals surface area contributed by atoms with Crippen LogP contribution in [0.5, 0.6) is 0 Å². The van der Waals surface area contributed by atoms with Crippen LogP contribution in [-0.2, 0) is 0 Å². The number of nitrogens with zero attached hydrogens (tertiary/aromatic N) is 4.